The molecule has 0 atom stereocenters. The van der Waals surface area contributed by atoms with Crippen molar-refractivity contribution in [3.8, 4) is 0 Å². The number of nitrogens with zero attached hydrogens (tertiary/aromatic N) is 3. The van der Waals surface area contributed by atoms with E-state index in [2.05, 4.69) is 31.0 Å². The first-order valence-corrected chi connectivity index (χ1v) is 7.39. The Labute approximate surface area is 113 Å². The van der Waals surface area contributed by atoms with Crippen molar-refractivity contribution in [2.45, 2.75) is 24.3 Å². The van der Waals surface area contributed by atoms with Gasteiger partial charge >= 0.3 is 5.97 Å². The predicted molar refractivity (Wildman–Crippen MR) is 65.4 cm³/mol. The minimum atomic E-state index is -3.69. The highest BCUT2D eigenvalue weighted by Crippen LogP contribution is 2.17. The summed E-state index contributed by atoms with van der Waals surface area (Å²) in [6.45, 7) is 0.174. The molecular formula is C8H13BrN4O4S. The molecule has 0 spiro atoms. The molecule has 0 unspecified atom stereocenters. The van der Waals surface area contributed by atoms with Crippen molar-refractivity contribution in [2.24, 2.45) is 7.05 Å². The number of aryl methyl sites for hydroxylation is 1. The van der Waals surface area contributed by atoms with Crippen molar-refractivity contribution in [2.75, 3.05) is 6.54 Å². The Kier molecular flexibility index (Phi) is 5.23. The molecule has 2 N–H and O–H groups in total. The van der Waals surface area contributed by atoms with Gasteiger partial charge in [0.25, 0.3) is 10.0 Å². The summed E-state index contributed by atoms with van der Waals surface area (Å²) in [5.74, 6) is -0.892. The standard InChI is InChI=1S/C8H13BrN4O4S/c1-13-8(7(9)11-12-13)18(16,17)10-5-3-2-4-6(14)15/h10H,2-5H2,1H3,(H,14,15). The van der Waals surface area contributed by atoms with Crippen LogP contribution in [0.5, 0.6) is 0 Å². The van der Waals surface area contributed by atoms with Crippen LogP contribution in [0, 0.1) is 0 Å². The van der Waals surface area contributed by atoms with Gasteiger partial charge < -0.3 is 5.11 Å². The van der Waals surface area contributed by atoms with Gasteiger partial charge in [-0.2, -0.15) is 0 Å². The van der Waals surface area contributed by atoms with E-state index in [4.69, 9.17) is 5.11 Å². The second-order valence-corrected chi connectivity index (χ2v) is 5.99. The van der Waals surface area contributed by atoms with Crippen molar-refractivity contribution in [1.29, 1.82) is 0 Å². The first-order chi connectivity index (χ1) is 8.34. The number of halogens is 1. The van der Waals surface area contributed by atoms with Crippen LogP contribution in [0.25, 0.3) is 0 Å². The Balaban J connectivity index is 2.54. The maximum Gasteiger partial charge on any atom is 0.303 e. The summed E-state index contributed by atoms with van der Waals surface area (Å²) in [4.78, 5) is 10.3. The molecule has 1 heterocycles. The maximum atomic E-state index is 11.9. The van der Waals surface area contributed by atoms with Gasteiger partial charge in [-0.25, -0.2) is 17.8 Å². The highest BCUT2D eigenvalue weighted by Gasteiger charge is 2.23. The van der Waals surface area contributed by atoms with Crippen molar-refractivity contribution < 1.29 is 18.3 Å². The fourth-order valence-corrected chi connectivity index (χ4v) is 3.45. The van der Waals surface area contributed by atoms with Crippen LogP contribution in [0.1, 0.15) is 19.3 Å². The molecule has 0 saturated heterocycles. The van der Waals surface area contributed by atoms with Crippen molar-refractivity contribution in [3.05, 3.63) is 4.60 Å². The van der Waals surface area contributed by atoms with Gasteiger partial charge in [-0.05, 0) is 28.8 Å². The number of aromatic nitrogens is 3. The lowest BCUT2D eigenvalue weighted by atomic mass is 10.2. The molecule has 8 nitrogen and oxygen atoms in total. The number of carbonyl (C=O) groups is 1. The number of hydrogen-bond donors (Lipinski definition) is 2. The zero-order valence-corrected chi connectivity index (χ0v) is 12.0. The van der Waals surface area contributed by atoms with E-state index in [0.29, 0.717) is 12.8 Å². The second kappa shape index (κ2) is 6.25. The average Bonchev–Trinajstić information content (AvgIpc) is 2.57. The van der Waals surface area contributed by atoms with Gasteiger partial charge in [0.1, 0.15) is 0 Å². The predicted octanol–water partition coefficient (Wildman–Crippen LogP) is 0.111. The quantitative estimate of drug-likeness (QED) is 0.681. The molecule has 0 fully saturated rings. The number of aliphatic carboxylic acids is 1. The number of hydrogen-bond acceptors (Lipinski definition) is 5. The average molecular weight is 341 g/mol. The van der Waals surface area contributed by atoms with Gasteiger partial charge in [-0.15, -0.1) is 5.10 Å². The van der Waals surface area contributed by atoms with E-state index in [-0.39, 0.29) is 22.6 Å². The first kappa shape index (κ1) is 15.1. The first-order valence-electron chi connectivity index (χ1n) is 5.11. The Hall–Kier alpha value is -1.00. The van der Waals surface area contributed by atoms with Crippen LogP contribution >= 0.6 is 15.9 Å². The van der Waals surface area contributed by atoms with E-state index >= 15 is 0 Å². The molecule has 0 aromatic carbocycles. The number of unbranched alkanes of at least 4 members (excludes halogenated alkanes) is 1. The van der Waals surface area contributed by atoms with E-state index in [9.17, 15) is 13.2 Å². The van der Waals surface area contributed by atoms with E-state index in [1.165, 1.54) is 7.05 Å². The molecule has 0 bridgehead atoms. The van der Waals surface area contributed by atoms with Gasteiger partial charge in [0.15, 0.2) is 4.60 Å². The molecule has 1 rings (SSSR count). The maximum absolute atomic E-state index is 11.9. The molecule has 0 aliphatic heterocycles. The normalized spacial score (nSPS) is 11.7. The summed E-state index contributed by atoms with van der Waals surface area (Å²) in [6.07, 6.45) is 0.899. The third-order valence-electron chi connectivity index (χ3n) is 2.10. The Morgan fingerprint density at radius 3 is 2.67 bits per heavy atom. The molecule has 0 aliphatic carbocycles. The Morgan fingerprint density at radius 2 is 2.17 bits per heavy atom. The highest BCUT2D eigenvalue weighted by atomic mass is 79.9. The second-order valence-electron chi connectivity index (χ2n) is 3.56. The summed E-state index contributed by atoms with van der Waals surface area (Å²) in [6, 6.07) is 0. The van der Waals surface area contributed by atoms with Gasteiger partial charge in [0.05, 0.1) is 0 Å². The molecule has 1 aromatic rings. The fraction of sp³-hybridized carbons (Fsp3) is 0.625. The molecule has 0 aliphatic rings. The minimum absolute atomic E-state index is 0.0265. The van der Waals surface area contributed by atoms with Crippen LogP contribution in [0.15, 0.2) is 9.63 Å². The molecule has 0 amide bonds. The summed E-state index contributed by atoms with van der Waals surface area (Å²) >= 11 is 3.00. The molecule has 0 saturated carbocycles. The SMILES string of the molecule is Cn1nnc(Br)c1S(=O)(=O)NCCCCC(=O)O. The molecule has 102 valence electrons. The van der Waals surface area contributed by atoms with Crippen LogP contribution in [-0.2, 0) is 21.9 Å². The van der Waals surface area contributed by atoms with Crippen molar-refractivity contribution in [1.82, 2.24) is 19.7 Å². The van der Waals surface area contributed by atoms with Crippen LogP contribution in [0.4, 0.5) is 0 Å². The lowest BCUT2D eigenvalue weighted by molar-refractivity contribution is -0.137. The lowest BCUT2D eigenvalue weighted by Gasteiger charge is -2.06. The van der Waals surface area contributed by atoms with Crippen LogP contribution in [0.3, 0.4) is 0 Å². The summed E-state index contributed by atoms with van der Waals surface area (Å²) < 4.78 is 27.4. The summed E-state index contributed by atoms with van der Waals surface area (Å²) in [5, 5.41) is 15.5. The fourth-order valence-electron chi connectivity index (χ4n) is 1.28. The smallest absolute Gasteiger partial charge is 0.303 e. The zero-order valence-electron chi connectivity index (χ0n) is 9.63. The molecule has 18 heavy (non-hydrogen) atoms. The van der Waals surface area contributed by atoms with Gasteiger partial charge in [-0.3, -0.25) is 4.79 Å². The number of carboxylic acids is 1. The van der Waals surface area contributed by atoms with Crippen molar-refractivity contribution in [3.63, 3.8) is 0 Å². The van der Waals surface area contributed by atoms with Crippen LogP contribution in [0.2, 0.25) is 0 Å². The largest absolute Gasteiger partial charge is 0.481 e. The number of nitrogens with one attached hydrogen (secondary N) is 1. The van der Waals surface area contributed by atoms with Gasteiger partial charge in [0.2, 0.25) is 5.03 Å². The zero-order chi connectivity index (χ0) is 13.8. The molecule has 0 radical (unpaired) electrons. The van der Waals surface area contributed by atoms with Gasteiger partial charge in [0, 0.05) is 20.0 Å². The summed E-state index contributed by atoms with van der Waals surface area (Å²) in [5.41, 5.74) is 0. The van der Waals surface area contributed by atoms with Crippen LogP contribution < -0.4 is 4.72 Å². The van der Waals surface area contributed by atoms with E-state index in [0.717, 1.165) is 4.68 Å². The number of carboxylic acid groups (broad SMARTS) is 1. The number of rotatable bonds is 7. The minimum Gasteiger partial charge on any atom is -0.481 e. The Morgan fingerprint density at radius 1 is 1.50 bits per heavy atom. The third kappa shape index (κ3) is 4.03. The third-order valence-corrected chi connectivity index (χ3v) is 4.45. The van der Waals surface area contributed by atoms with E-state index in [1.54, 1.807) is 0 Å². The molecule has 10 heteroatoms. The summed E-state index contributed by atoms with van der Waals surface area (Å²) in [7, 11) is -2.22. The van der Waals surface area contributed by atoms with Crippen molar-refractivity contribution >= 4 is 31.9 Å². The lowest BCUT2D eigenvalue weighted by Crippen LogP contribution is -2.27. The van der Waals surface area contributed by atoms with Gasteiger partial charge in [-0.1, -0.05) is 5.21 Å². The topological polar surface area (TPSA) is 114 Å². The van der Waals surface area contributed by atoms with E-state index in [1.807, 2.05) is 0 Å². The number of sulfonamides is 1. The van der Waals surface area contributed by atoms with Crippen LogP contribution in [-0.4, -0.2) is 41.0 Å². The highest BCUT2D eigenvalue weighted by molar-refractivity contribution is 9.10. The van der Waals surface area contributed by atoms with E-state index < -0.39 is 16.0 Å². The molecule has 1 aromatic heterocycles. The monoisotopic (exact) mass is 340 g/mol. The Bertz CT molecular complexity index is 508. The molecular weight excluding hydrogens is 328 g/mol.